The molecule has 1 aromatic heterocycles. The lowest BCUT2D eigenvalue weighted by molar-refractivity contribution is -0.128. The van der Waals surface area contributed by atoms with Gasteiger partial charge in [-0.2, -0.15) is 0 Å². The third kappa shape index (κ3) is 5.55. The minimum absolute atomic E-state index is 0.109. The molecule has 2 aliphatic rings. The Balaban J connectivity index is 1.26. The van der Waals surface area contributed by atoms with Gasteiger partial charge >= 0.3 is 0 Å². The van der Waals surface area contributed by atoms with E-state index >= 15 is 0 Å². The predicted octanol–water partition coefficient (Wildman–Crippen LogP) is 4.03. The van der Waals surface area contributed by atoms with E-state index in [0.29, 0.717) is 28.9 Å². The van der Waals surface area contributed by atoms with Crippen LogP contribution in [0.5, 0.6) is 0 Å². The molecule has 5 rings (SSSR count). The second-order valence-electron chi connectivity index (χ2n) is 9.33. The largest absolute Gasteiger partial charge is 0.350 e. The number of halogens is 2. The summed E-state index contributed by atoms with van der Waals surface area (Å²) in [5.74, 6) is -0.218. The molecule has 11 heteroatoms. The quantitative estimate of drug-likeness (QED) is 0.272. The molecule has 0 spiro atoms. The molecule has 4 N–H and O–H groups in total. The average Bonchev–Trinajstić information content (AvgIpc) is 3.13. The summed E-state index contributed by atoms with van der Waals surface area (Å²) >= 11 is 18.3. The Hall–Kier alpha value is -3.40. The van der Waals surface area contributed by atoms with E-state index < -0.39 is 11.9 Å². The molecule has 1 saturated heterocycles. The van der Waals surface area contributed by atoms with E-state index in [1.807, 2.05) is 24.3 Å². The summed E-state index contributed by atoms with van der Waals surface area (Å²) in [5.41, 5.74) is 10.8. The molecule has 0 saturated carbocycles. The Labute approximate surface area is 236 Å². The van der Waals surface area contributed by atoms with Gasteiger partial charge in [0.2, 0.25) is 5.91 Å². The van der Waals surface area contributed by atoms with Crippen LogP contribution in [0.1, 0.15) is 45.1 Å². The highest BCUT2D eigenvalue weighted by atomic mass is 35.5. The molecule has 3 aromatic rings. The zero-order valence-corrected chi connectivity index (χ0v) is 22.9. The highest BCUT2D eigenvalue weighted by Gasteiger charge is 2.30. The van der Waals surface area contributed by atoms with Crippen molar-refractivity contribution >= 4 is 58.2 Å². The van der Waals surface area contributed by atoms with E-state index in [2.05, 4.69) is 44.7 Å². The first-order chi connectivity index (χ1) is 18.3. The van der Waals surface area contributed by atoms with Crippen molar-refractivity contribution in [3.8, 4) is 0 Å². The molecule has 38 heavy (non-hydrogen) atoms. The number of hydrazine groups is 1. The number of likely N-dealkylation sites (tertiary alicyclic amines) is 1. The first-order valence-corrected chi connectivity index (χ1v) is 13.4. The first-order valence-electron chi connectivity index (χ1n) is 12.2. The Morgan fingerprint density at radius 2 is 1.82 bits per heavy atom. The van der Waals surface area contributed by atoms with Gasteiger partial charge in [-0.05, 0) is 71.9 Å². The number of likely N-dealkylation sites (N-methyl/N-ethyl adjacent to an activating group) is 1. The van der Waals surface area contributed by atoms with Crippen molar-refractivity contribution in [3.63, 3.8) is 0 Å². The molecule has 196 valence electrons. The summed E-state index contributed by atoms with van der Waals surface area (Å²) in [6, 6.07) is 15.0. The van der Waals surface area contributed by atoms with Crippen molar-refractivity contribution in [1.29, 1.82) is 0 Å². The van der Waals surface area contributed by atoms with Gasteiger partial charge in [0.05, 0.1) is 16.6 Å². The van der Waals surface area contributed by atoms with E-state index in [-0.39, 0.29) is 22.5 Å². The standard InChI is InChI=1S/C27H26Cl2N6O2S/c1-35-11-10-22(26(35)37)31-25(36)17-12-21(29)24(30-14-17)33-34-27(38)32-23-19-5-3-2-4-15(19)6-7-16-8-9-18(28)13-20(16)23/h2-5,8-9,12-14,22-23H,6-7,10-11H2,1H3,(H,30,33)(H,31,36)(H2,32,34,38). The maximum Gasteiger partial charge on any atom is 0.253 e. The van der Waals surface area contributed by atoms with Gasteiger partial charge in [-0.15, -0.1) is 0 Å². The van der Waals surface area contributed by atoms with Crippen molar-refractivity contribution in [2.45, 2.75) is 31.3 Å². The number of hydrogen-bond acceptors (Lipinski definition) is 5. The van der Waals surface area contributed by atoms with Crippen LogP contribution in [0.25, 0.3) is 0 Å². The topological polar surface area (TPSA) is 98.4 Å². The number of carbonyl (C=O) groups excluding carboxylic acids is 2. The van der Waals surface area contributed by atoms with Crippen LogP contribution >= 0.6 is 35.4 Å². The number of rotatable bonds is 5. The molecular formula is C27H26Cl2N6O2S. The number of carbonyl (C=O) groups is 2. The van der Waals surface area contributed by atoms with Crippen LogP contribution in [0.15, 0.2) is 54.7 Å². The van der Waals surface area contributed by atoms with Crippen LogP contribution in [0.2, 0.25) is 10.0 Å². The Morgan fingerprint density at radius 3 is 2.55 bits per heavy atom. The second kappa shape index (κ2) is 11.1. The zero-order chi connectivity index (χ0) is 26.8. The van der Waals surface area contributed by atoms with Gasteiger partial charge in [-0.25, -0.2) is 4.98 Å². The molecule has 2 amide bonds. The molecule has 2 heterocycles. The van der Waals surface area contributed by atoms with Gasteiger partial charge in [0, 0.05) is 24.8 Å². The zero-order valence-electron chi connectivity index (χ0n) is 20.6. The molecule has 8 nitrogen and oxygen atoms in total. The molecular weight excluding hydrogens is 543 g/mol. The van der Waals surface area contributed by atoms with Crippen LogP contribution in [0.4, 0.5) is 5.82 Å². The van der Waals surface area contributed by atoms with Crippen LogP contribution in [-0.4, -0.2) is 46.4 Å². The molecule has 1 aliphatic heterocycles. The normalized spacial score (nSPS) is 18.2. The maximum atomic E-state index is 12.6. The van der Waals surface area contributed by atoms with Gasteiger partial charge in [-0.1, -0.05) is 53.5 Å². The summed E-state index contributed by atoms with van der Waals surface area (Å²) in [7, 11) is 1.71. The van der Waals surface area contributed by atoms with E-state index in [9.17, 15) is 9.59 Å². The number of hydrogen-bond donors (Lipinski definition) is 4. The fraction of sp³-hybridized carbons (Fsp3) is 0.259. The van der Waals surface area contributed by atoms with E-state index in [1.54, 1.807) is 11.9 Å². The highest BCUT2D eigenvalue weighted by Crippen LogP contribution is 2.34. The van der Waals surface area contributed by atoms with Crippen LogP contribution in [0, 0.1) is 0 Å². The van der Waals surface area contributed by atoms with Gasteiger partial charge in [0.15, 0.2) is 10.9 Å². The number of pyridine rings is 1. The lowest BCUT2D eigenvalue weighted by Crippen LogP contribution is -2.41. The minimum atomic E-state index is -0.539. The second-order valence-corrected chi connectivity index (χ2v) is 10.6. The average molecular weight is 570 g/mol. The number of nitrogens with one attached hydrogen (secondary N) is 4. The minimum Gasteiger partial charge on any atom is -0.350 e. The molecule has 2 unspecified atom stereocenters. The van der Waals surface area contributed by atoms with Crippen molar-refractivity contribution in [2.75, 3.05) is 19.0 Å². The van der Waals surface area contributed by atoms with Crippen LogP contribution < -0.4 is 21.5 Å². The monoisotopic (exact) mass is 568 g/mol. The molecule has 2 atom stereocenters. The van der Waals surface area contributed by atoms with E-state index in [0.717, 1.165) is 24.0 Å². The fourth-order valence-electron chi connectivity index (χ4n) is 4.83. The smallest absolute Gasteiger partial charge is 0.253 e. The third-order valence-corrected chi connectivity index (χ3v) is 7.60. The highest BCUT2D eigenvalue weighted by molar-refractivity contribution is 7.80. The number of thiocarbonyl (C=S) groups is 1. The van der Waals surface area contributed by atoms with Crippen molar-refractivity contribution in [1.82, 2.24) is 25.9 Å². The molecule has 1 aliphatic carbocycles. The maximum absolute atomic E-state index is 12.6. The van der Waals surface area contributed by atoms with Gasteiger partial charge < -0.3 is 15.5 Å². The molecule has 0 bridgehead atoms. The van der Waals surface area contributed by atoms with Gasteiger partial charge in [0.25, 0.3) is 5.91 Å². The van der Waals surface area contributed by atoms with E-state index in [4.69, 9.17) is 35.4 Å². The lowest BCUT2D eigenvalue weighted by atomic mass is 9.95. The number of nitrogens with zero attached hydrogens (tertiary/aromatic N) is 2. The SMILES string of the molecule is CN1CCC(NC(=O)c2cnc(NNC(=S)NC3c4ccccc4CCc4ccc(Cl)cc43)c(Cl)c2)C1=O. The summed E-state index contributed by atoms with van der Waals surface area (Å²) < 4.78 is 0. The van der Waals surface area contributed by atoms with E-state index in [1.165, 1.54) is 23.4 Å². The predicted molar refractivity (Wildman–Crippen MR) is 152 cm³/mol. The van der Waals surface area contributed by atoms with Crippen molar-refractivity contribution in [3.05, 3.63) is 92.6 Å². The Morgan fingerprint density at radius 1 is 1.05 bits per heavy atom. The third-order valence-electron chi connectivity index (χ3n) is 6.85. The lowest BCUT2D eigenvalue weighted by Gasteiger charge is -2.24. The summed E-state index contributed by atoms with van der Waals surface area (Å²) in [5, 5.41) is 7.35. The number of anilines is 1. The van der Waals surface area contributed by atoms with Crippen LogP contribution in [-0.2, 0) is 17.6 Å². The molecule has 1 fully saturated rings. The summed E-state index contributed by atoms with van der Waals surface area (Å²) in [6.45, 7) is 0.607. The first kappa shape index (κ1) is 26.2. The molecule has 0 radical (unpaired) electrons. The number of aromatic nitrogens is 1. The van der Waals surface area contributed by atoms with Gasteiger partial charge in [-0.3, -0.25) is 20.4 Å². The number of fused-ring (bicyclic) bond motifs is 2. The number of amides is 2. The Kier molecular flexibility index (Phi) is 7.69. The van der Waals surface area contributed by atoms with Gasteiger partial charge in [0.1, 0.15) is 6.04 Å². The molecule has 2 aromatic carbocycles. The number of aryl methyl sites for hydroxylation is 2. The van der Waals surface area contributed by atoms with Crippen molar-refractivity contribution < 1.29 is 9.59 Å². The van der Waals surface area contributed by atoms with Crippen molar-refractivity contribution in [2.24, 2.45) is 0 Å². The fourth-order valence-corrected chi connectivity index (χ4v) is 5.40. The van der Waals surface area contributed by atoms with Crippen LogP contribution in [0.3, 0.4) is 0 Å². The Bertz CT molecular complexity index is 1420. The number of benzene rings is 2. The summed E-state index contributed by atoms with van der Waals surface area (Å²) in [6.07, 6.45) is 3.79. The summed E-state index contributed by atoms with van der Waals surface area (Å²) in [4.78, 5) is 30.5.